The first-order valence-electron chi connectivity index (χ1n) is 7.42. The van der Waals surface area contributed by atoms with Gasteiger partial charge in [0.2, 0.25) is 5.91 Å². The number of furan rings is 1. The molecular formula is C17H18N2O4. The van der Waals surface area contributed by atoms with Crippen molar-refractivity contribution in [2.24, 2.45) is 0 Å². The summed E-state index contributed by atoms with van der Waals surface area (Å²) in [5.74, 6) is 0.795. The van der Waals surface area contributed by atoms with E-state index in [0.717, 1.165) is 5.56 Å². The molecule has 1 aliphatic heterocycles. The van der Waals surface area contributed by atoms with Crippen LogP contribution in [0.25, 0.3) is 0 Å². The second kappa shape index (κ2) is 6.16. The fourth-order valence-electron chi connectivity index (χ4n) is 2.56. The summed E-state index contributed by atoms with van der Waals surface area (Å²) in [5, 5.41) is 2.78. The van der Waals surface area contributed by atoms with Crippen molar-refractivity contribution in [1.29, 1.82) is 0 Å². The van der Waals surface area contributed by atoms with E-state index in [9.17, 15) is 9.59 Å². The number of nitrogens with zero attached hydrogens (tertiary/aromatic N) is 1. The average molecular weight is 314 g/mol. The van der Waals surface area contributed by atoms with Crippen LogP contribution in [0.1, 0.15) is 18.2 Å². The van der Waals surface area contributed by atoms with Gasteiger partial charge in [-0.1, -0.05) is 6.07 Å². The van der Waals surface area contributed by atoms with E-state index in [2.05, 4.69) is 5.32 Å². The number of carbonyl (C=O) groups is 2. The maximum Gasteiger partial charge on any atom is 0.265 e. The maximum absolute atomic E-state index is 12.4. The molecular weight excluding hydrogens is 296 g/mol. The van der Waals surface area contributed by atoms with Crippen LogP contribution in [0.5, 0.6) is 5.75 Å². The second-order valence-electron chi connectivity index (χ2n) is 5.50. The summed E-state index contributed by atoms with van der Waals surface area (Å²) in [6.45, 7) is 3.85. The van der Waals surface area contributed by atoms with Crippen LogP contribution < -0.4 is 15.0 Å². The summed E-state index contributed by atoms with van der Waals surface area (Å²) in [6, 6.07) is 8.48. The summed E-state index contributed by atoms with van der Waals surface area (Å²) < 4.78 is 10.6. The summed E-state index contributed by atoms with van der Waals surface area (Å²) in [7, 11) is 0. The van der Waals surface area contributed by atoms with Crippen molar-refractivity contribution in [2.45, 2.75) is 26.4 Å². The van der Waals surface area contributed by atoms with Crippen LogP contribution in [-0.4, -0.2) is 24.5 Å². The van der Waals surface area contributed by atoms with Crippen LogP contribution in [0.3, 0.4) is 0 Å². The predicted molar refractivity (Wildman–Crippen MR) is 84.2 cm³/mol. The smallest absolute Gasteiger partial charge is 0.265 e. The van der Waals surface area contributed by atoms with Gasteiger partial charge in [-0.05, 0) is 43.7 Å². The molecule has 0 fully saturated rings. The van der Waals surface area contributed by atoms with Gasteiger partial charge < -0.3 is 14.5 Å². The van der Waals surface area contributed by atoms with Crippen LogP contribution in [0.2, 0.25) is 0 Å². The van der Waals surface area contributed by atoms with Crippen molar-refractivity contribution in [2.75, 3.05) is 11.5 Å². The number of amides is 2. The van der Waals surface area contributed by atoms with Crippen LogP contribution in [0.15, 0.2) is 41.0 Å². The number of benzene rings is 1. The molecule has 0 saturated carbocycles. The summed E-state index contributed by atoms with van der Waals surface area (Å²) in [5.41, 5.74) is 1.62. The zero-order chi connectivity index (χ0) is 16.4. The van der Waals surface area contributed by atoms with Gasteiger partial charge in [0, 0.05) is 0 Å². The SMILES string of the molecule is Cc1ccc2c(c1)N(C(C)C(=O)NCc1ccco1)C(=O)CO2. The monoisotopic (exact) mass is 314 g/mol. The molecule has 2 aromatic rings. The van der Waals surface area contributed by atoms with Crippen molar-refractivity contribution >= 4 is 17.5 Å². The largest absolute Gasteiger partial charge is 0.482 e. The highest BCUT2D eigenvalue weighted by Crippen LogP contribution is 2.34. The first-order valence-corrected chi connectivity index (χ1v) is 7.42. The third-order valence-electron chi connectivity index (χ3n) is 3.78. The first kappa shape index (κ1) is 15.1. The molecule has 0 radical (unpaired) electrons. The lowest BCUT2D eigenvalue weighted by Gasteiger charge is -2.33. The Morgan fingerprint density at radius 2 is 2.22 bits per heavy atom. The Bertz CT molecular complexity index is 724. The van der Waals surface area contributed by atoms with Gasteiger partial charge >= 0.3 is 0 Å². The lowest BCUT2D eigenvalue weighted by molar-refractivity contribution is -0.127. The van der Waals surface area contributed by atoms with Crippen molar-refractivity contribution in [3.05, 3.63) is 47.9 Å². The Labute approximate surface area is 134 Å². The van der Waals surface area contributed by atoms with Gasteiger partial charge in [0.15, 0.2) is 6.61 Å². The molecule has 23 heavy (non-hydrogen) atoms. The highest BCUT2D eigenvalue weighted by molar-refractivity contribution is 6.03. The molecule has 1 aliphatic rings. The minimum absolute atomic E-state index is 0.0636. The third-order valence-corrected chi connectivity index (χ3v) is 3.78. The summed E-state index contributed by atoms with van der Waals surface area (Å²) >= 11 is 0. The minimum atomic E-state index is -0.637. The molecule has 2 heterocycles. The van der Waals surface area contributed by atoms with Crippen LogP contribution in [0, 0.1) is 6.92 Å². The van der Waals surface area contributed by atoms with Crippen molar-refractivity contribution < 1.29 is 18.7 Å². The number of aryl methyl sites for hydroxylation is 1. The number of fused-ring (bicyclic) bond motifs is 1. The standard InChI is InChI=1S/C17H18N2O4/c1-11-5-6-15-14(8-11)19(16(20)10-23-15)12(2)17(21)18-9-13-4-3-7-22-13/h3-8,12H,9-10H2,1-2H3,(H,18,21). The van der Waals surface area contributed by atoms with E-state index in [4.69, 9.17) is 9.15 Å². The van der Waals surface area contributed by atoms with Crippen molar-refractivity contribution in [3.8, 4) is 5.75 Å². The van der Waals surface area contributed by atoms with Gasteiger partial charge in [-0.2, -0.15) is 0 Å². The number of hydrogen-bond acceptors (Lipinski definition) is 4. The molecule has 0 spiro atoms. The zero-order valence-electron chi connectivity index (χ0n) is 13.0. The number of rotatable bonds is 4. The Kier molecular flexibility index (Phi) is 4.06. The van der Waals surface area contributed by atoms with E-state index in [-0.39, 0.29) is 25.0 Å². The molecule has 1 N–H and O–H groups in total. The molecule has 120 valence electrons. The van der Waals surface area contributed by atoms with E-state index >= 15 is 0 Å². The second-order valence-corrected chi connectivity index (χ2v) is 5.50. The lowest BCUT2D eigenvalue weighted by atomic mass is 10.1. The van der Waals surface area contributed by atoms with E-state index < -0.39 is 6.04 Å². The number of hydrogen-bond donors (Lipinski definition) is 1. The van der Waals surface area contributed by atoms with Crippen LogP contribution in [-0.2, 0) is 16.1 Å². The zero-order valence-corrected chi connectivity index (χ0v) is 13.0. The molecule has 0 aliphatic carbocycles. The molecule has 0 saturated heterocycles. The molecule has 6 nitrogen and oxygen atoms in total. The fraction of sp³-hybridized carbons (Fsp3) is 0.294. The normalized spacial score (nSPS) is 14.9. The van der Waals surface area contributed by atoms with Gasteiger partial charge in [0.25, 0.3) is 5.91 Å². The Morgan fingerprint density at radius 3 is 2.96 bits per heavy atom. The topological polar surface area (TPSA) is 71.8 Å². The predicted octanol–water partition coefficient (Wildman–Crippen LogP) is 2.02. The number of ether oxygens (including phenoxy) is 1. The van der Waals surface area contributed by atoms with Gasteiger partial charge in [0.1, 0.15) is 17.6 Å². The number of nitrogens with one attached hydrogen (secondary N) is 1. The van der Waals surface area contributed by atoms with Gasteiger partial charge in [-0.15, -0.1) is 0 Å². The van der Waals surface area contributed by atoms with Crippen molar-refractivity contribution in [3.63, 3.8) is 0 Å². The minimum Gasteiger partial charge on any atom is -0.482 e. The van der Waals surface area contributed by atoms with Crippen LogP contribution >= 0.6 is 0 Å². The van der Waals surface area contributed by atoms with Gasteiger partial charge in [-0.25, -0.2) is 0 Å². The maximum atomic E-state index is 12.4. The molecule has 1 aromatic carbocycles. The van der Waals surface area contributed by atoms with Crippen LogP contribution in [0.4, 0.5) is 5.69 Å². The Balaban J connectivity index is 1.78. The van der Waals surface area contributed by atoms with Gasteiger partial charge in [0.05, 0.1) is 18.5 Å². The lowest BCUT2D eigenvalue weighted by Crippen LogP contribution is -2.51. The summed E-state index contributed by atoms with van der Waals surface area (Å²) in [6.07, 6.45) is 1.55. The van der Waals surface area contributed by atoms with Crippen molar-refractivity contribution in [1.82, 2.24) is 5.32 Å². The number of anilines is 1. The molecule has 1 aromatic heterocycles. The first-order chi connectivity index (χ1) is 11.1. The molecule has 2 amide bonds. The quantitative estimate of drug-likeness (QED) is 0.937. The molecule has 3 rings (SSSR count). The van der Waals surface area contributed by atoms with E-state index in [1.165, 1.54) is 4.90 Å². The van der Waals surface area contributed by atoms with E-state index in [1.807, 2.05) is 25.1 Å². The highest BCUT2D eigenvalue weighted by Gasteiger charge is 2.33. The van der Waals surface area contributed by atoms with E-state index in [0.29, 0.717) is 17.2 Å². The fourth-order valence-corrected chi connectivity index (χ4v) is 2.56. The number of carbonyl (C=O) groups excluding carboxylic acids is 2. The molecule has 6 heteroatoms. The molecule has 1 atom stereocenters. The molecule has 0 bridgehead atoms. The van der Waals surface area contributed by atoms with E-state index in [1.54, 1.807) is 25.3 Å². The third kappa shape index (κ3) is 3.06. The Morgan fingerprint density at radius 1 is 1.39 bits per heavy atom. The highest BCUT2D eigenvalue weighted by atomic mass is 16.5. The Hall–Kier alpha value is -2.76. The summed E-state index contributed by atoms with van der Waals surface area (Å²) in [4.78, 5) is 26.1. The molecule has 1 unspecified atom stereocenters. The van der Waals surface area contributed by atoms with Gasteiger partial charge in [-0.3, -0.25) is 14.5 Å². The average Bonchev–Trinajstić information content (AvgIpc) is 3.05.